The fourth-order valence-electron chi connectivity index (χ4n) is 1.92. The number of para-hydroxylation sites is 1. The molecule has 1 heterocycles. The third kappa shape index (κ3) is 4.48. The molecule has 1 aromatic carbocycles. The van der Waals surface area contributed by atoms with E-state index < -0.39 is 29.3 Å². The van der Waals surface area contributed by atoms with Gasteiger partial charge in [-0.1, -0.05) is 42.0 Å². The second kappa shape index (κ2) is 7.83. The zero-order valence-electron chi connectivity index (χ0n) is 13.0. The Hall–Kier alpha value is -2.54. The molecule has 0 saturated carbocycles. The van der Waals surface area contributed by atoms with Crippen molar-refractivity contribution in [2.24, 2.45) is 0 Å². The number of hydroxylamine groups is 2. The Morgan fingerprint density at radius 2 is 2.00 bits per heavy atom. The highest BCUT2D eigenvalue weighted by Crippen LogP contribution is 2.24. The molecule has 0 aliphatic carbocycles. The smallest absolute Gasteiger partial charge is 0.336 e. The van der Waals surface area contributed by atoms with Crippen LogP contribution in [0.2, 0.25) is 0 Å². The number of rotatable bonds is 7. The molecule has 7 nitrogen and oxygen atoms in total. The molecule has 0 radical (unpaired) electrons. The number of hydrogen-bond acceptors (Lipinski definition) is 5. The summed E-state index contributed by atoms with van der Waals surface area (Å²) in [5.41, 5.74) is -0.366. The molecular weight excluding hydrogens is 336 g/mol. The number of amides is 2. The highest BCUT2D eigenvalue weighted by atomic mass is 35.5. The van der Waals surface area contributed by atoms with Crippen molar-refractivity contribution in [3.8, 4) is 5.75 Å². The van der Waals surface area contributed by atoms with Crippen LogP contribution in [0.5, 0.6) is 5.75 Å². The van der Waals surface area contributed by atoms with Crippen LogP contribution in [0, 0.1) is 0 Å². The predicted octanol–water partition coefficient (Wildman–Crippen LogP) is 1.38. The van der Waals surface area contributed by atoms with Gasteiger partial charge in [0, 0.05) is 0 Å². The number of ether oxygens (including phenoxy) is 1. The van der Waals surface area contributed by atoms with Crippen LogP contribution >= 0.6 is 11.6 Å². The van der Waals surface area contributed by atoms with Crippen LogP contribution in [0.3, 0.4) is 0 Å². The lowest BCUT2D eigenvalue weighted by atomic mass is 10.1. The Labute approximate surface area is 144 Å². The molecule has 128 valence electrons. The fourth-order valence-corrected chi connectivity index (χ4v) is 2.23. The van der Waals surface area contributed by atoms with Crippen molar-refractivity contribution in [2.45, 2.75) is 24.9 Å². The Bertz CT molecular complexity index is 649. The summed E-state index contributed by atoms with van der Waals surface area (Å²) >= 11 is 5.97. The largest absolute Gasteiger partial charge is 0.484 e. The predicted molar refractivity (Wildman–Crippen MR) is 85.9 cm³/mol. The Balaban J connectivity index is 1.77. The molecule has 0 spiro atoms. The third-order valence-corrected chi connectivity index (χ3v) is 3.49. The molecule has 0 unspecified atom stereocenters. The summed E-state index contributed by atoms with van der Waals surface area (Å²) in [6.07, 6.45) is -0.0185. The topological polar surface area (TPSA) is 84.9 Å². The molecular formula is C16H17ClN2O5. The second-order valence-corrected chi connectivity index (χ2v) is 5.73. The lowest BCUT2D eigenvalue weighted by Crippen LogP contribution is -2.69. The summed E-state index contributed by atoms with van der Waals surface area (Å²) in [7, 11) is 0. The first-order valence-electron chi connectivity index (χ1n) is 7.18. The number of carbonyl (C=O) groups excluding carboxylic acids is 3. The van der Waals surface area contributed by atoms with E-state index in [9.17, 15) is 14.4 Å². The number of carbonyl (C=O) groups is 3. The van der Waals surface area contributed by atoms with E-state index in [0.717, 1.165) is 5.06 Å². The number of halogens is 1. The molecule has 24 heavy (non-hydrogen) atoms. The van der Waals surface area contributed by atoms with Gasteiger partial charge in [0.2, 0.25) is 0 Å². The maximum Gasteiger partial charge on any atom is 0.336 e. The van der Waals surface area contributed by atoms with Gasteiger partial charge in [0.1, 0.15) is 11.8 Å². The van der Waals surface area contributed by atoms with Gasteiger partial charge in [-0.05, 0) is 19.1 Å². The molecule has 1 saturated heterocycles. The van der Waals surface area contributed by atoms with Gasteiger partial charge in [0.05, 0.1) is 6.42 Å². The number of benzene rings is 1. The van der Waals surface area contributed by atoms with Crippen molar-refractivity contribution >= 4 is 29.4 Å². The van der Waals surface area contributed by atoms with Crippen LogP contribution in [0.1, 0.15) is 13.3 Å². The first-order chi connectivity index (χ1) is 11.4. The fraction of sp³-hybridized carbons (Fsp3) is 0.312. The van der Waals surface area contributed by atoms with Crippen LogP contribution in [-0.2, 0) is 19.2 Å². The number of nitrogens with one attached hydrogen (secondary N) is 1. The highest BCUT2D eigenvalue weighted by molar-refractivity contribution is 6.26. The maximum absolute atomic E-state index is 11.9. The normalized spacial score (nSPS) is 19.2. The third-order valence-electron chi connectivity index (χ3n) is 3.06. The van der Waals surface area contributed by atoms with Crippen molar-refractivity contribution in [2.75, 3.05) is 6.61 Å². The number of β-lactam (4-membered cyclic amide) rings is 1. The number of alkyl halides is 1. The maximum atomic E-state index is 11.9. The molecule has 1 aromatic rings. The van der Waals surface area contributed by atoms with Crippen molar-refractivity contribution < 1.29 is 24.0 Å². The molecule has 2 amide bonds. The van der Waals surface area contributed by atoms with E-state index in [1.54, 1.807) is 31.2 Å². The first-order valence-corrected chi connectivity index (χ1v) is 7.61. The van der Waals surface area contributed by atoms with Crippen LogP contribution in [0.4, 0.5) is 0 Å². The Morgan fingerprint density at radius 3 is 2.58 bits per heavy atom. The van der Waals surface area contributed by atoms with Crippen LogP contribution in [0.25, 0.3) is 0 Å². The zero-order valence-corrected chi connectivity index (χ0v) is 13.8. The molecule has 0 aromatic heterocycles. The molecule has 1 aliphatic heterocycles. The molecule has 1 aliphatic rings. The first kappa shape index (κ1) is 17.8. The molecule has 1 fully saturated rings. The average Bonchev–Trinajstić information content (AvgIpc) is 2.55. The van der Waals surface area contributed by atoms with Crippen LogP contribution in [0.15, 0.2) is 42.5 Å². The van der Waals surface area contributed by atoms with Crippen molar-refractivity contribution in [1.29, 1.82) is 0 Å². The van der Waals surface area contributed by atoms with Gasteiger partial charge in [-0.25, -0.2) is 4.79 Å². The standard InChI is InChI=1S/C16H17ClN2O5/c1-10(2)8-13(21)24-19-15(17)14(16(19)22)18-12(20)9-23-11-6-4-3-5-7-11/h3-7,14-15H,1,8-9H2,2H3,(H,18,20)/t14-,15-/m0/s1. The summed E-state index contributed by atoms with van der Waals surface area (Å²) in [5.74, 6) is -1.21. The summed E-state index contributed by atoms with van der Waals surface area (Å²) in [4.78, 5) is 40.0. The van der Waals surface area contributed by atoms with E-state index in [4.69, 9.17) is 21.2 Å². The molecule has 2 atom stereocenters. The van der Waals surface area contributed by atoms with E-state index in [0.29, 0.717) is 11.3 Å². The van der Waals surface area contributed by atoms with Gasteiger partial charge >= 0.3 is 5.97 Å². The number of hydrogen-bond donors (Lipinski definition) is 1. The van der Waals surface area contributed by atoms with E-state index in [-0.39, 0.29) is 13.0 Å². The zero-order chi connectivity index (χ0) is 17.7. The van der Waals surface area contributed by atoms with Crippen molar-refractivity contribution in [3.05, 3.63) is 42.5 Å². The van der Waals surface area contributed by atoms with Gasteiger partial charge in [-0.2, -0.15) is 0 Å². The number of nitrogens with zero attached hydrogens (tertiary/aromatic N) is 1. The quantitative estimate of drug-likeness (QED) is 0.347. The van der Waals surface area contributed by atoms with E-state index in [1.165, 1.54) is 0 Å². The SMILES string of the molecule is C=C(C)CC(=O)ON1C(=O)[C@@H](NC(=O)COc2ccccc2)[C@H]1Cl. The molecule has 0 bridgehead atoms. The van der Waals surface area contributed by atoms with Gasteiger partial charge in [-0.3, -0.25) is 9.59 Å². The lowest BCUT2D eigenvalue weighted by Gasteiger charge is -2.40. The van der Waals surface area contributed by atoms with Crippen LogP contribution < -0.4 is 10.1 Å². The monoisotopic (exact) mass is 352 g/mol. The lowest BCUT2D eigenvalue weighted by molar-refractivity contribution is -0.222. The summed E-state index contributed by atoms with van der Waals surface area (Å²) in [5, 5.41) is 3.17. The minimum absolute atomic E-state index is 0.0185. The van der Waals surface area contributed by atoms with Gasteiger partial charge in [0.25, 0.3) is 11.8 Å². The average molecular weight is 353 g/mol. The molecule has 8 heteroatoms. The van der Waals surface area contributed by atoms with Crippen LogP contribution in [-0.4, -0.2) is 41.0 Å². The summed E-state index contributed by atoms with van der Waals surface area (Å²) in [6, 6.07) is 7.81. The van der Waals surface area contributed by atoms with E-state index in [1.807, 2.05) is 6.07 Å². The van der Waals surface area contributed by atoms with Crippen molar-refractivity contribution in [3.63, 3.8) is 0 Å². The van der Waals surface area contributed by atoms with Crippen molar-refractivity contribution in [1.82, 2.24) is 10.4 Å². The van der Waals surface area contributed by atoms with Gasteiger partial charge in [0.15, 0.2) is 12.1 Å². The summed E-state index contributed by atoms with van der Waals surface area (Å²) in [6.45, 7) is 4.98. The Morgan fingerprint density at radius 1 is 1.33 bits per heavy atom. The molecule has 1 N–H and O–H groups in total. The van der Waals surface area contributed by atoms with Gasteiger partial charge < -0.3 is 14.9 Å². The van der Waals surface area contributed by atoms with E-state index in [2.05, 4.69) is 11.9 Å². The molecule has 2 rings (SSSR count). The Kier molecular flexibility index (Phi) is 5.81. The highest BCUT2D eigenvalue weighted by Gasteiger charge is 2.50. The van der Waals surface area contributed by atoms with E-state index >= 15 is 0 Å². The minimum atomic E-state index is -0.966. The summed E-state index contributed by atoms with van der Waals surface area (Å²) < 4.78 is 5.27. The minimum Gasteiger partial charge on any atom is -0.484 e. The van der Waals surface area contributed by atoms with Gasteiger partial charge in [-0.15, -0.1) is 5.06 Å². The second-order valence-electron chi connectivity index (χ2n) is 5.28.